The maximum atomic E-state index is 12.3. The number of hydrogen-bond donors (Lipinski definition) is 1. The fourth-order valence-corrected chi connectivity index (χ4v) is 3.62. The Bertz CT molecular complexity index is 740. The van der Waals surface area contributed by atoms with E-state index in [2.05, 4.69) is 10.3 Å². The number of ether oxygens (including phenoxy) is 1. The molecule has 1 atom stereocenters. The summed E-state index contributed by atoms with van der Waals surface area (Å²) in [5.41, 5.74) is 1.31. The number of benzene rings is 1. The Morgan fingerprint density at radius 3 is 2.79 bits per heavy atom. The summed E-state index contributed by atoms with van der Waals surface area (Å²) in [5.74, 6) is -0.876. The number of nitrogens with one attached hydrogen (secondary N) is 1. The molecule has 1 aromatic heterocycles. The molecule has 1 saturated heterocycles. The maximum absolute atomic E-state index is 12.3. The standard InChI is InChI=1S/C18H20N2O3S/c1-18(2)13(10-16(21)23-18)17(22)19-9-8-15-20-14(11-24-15)12-6-4-3-5-7-12/h3-7,11,13H,8-10H2,1-2H3,(H,19,22). The van der Waals surface area contributed by atoms with Crippen molar-refractivity contribution in [3.05, 3.63) is 40.7 Å². The van der Waals surface area contributed by atoms with Crippen LogP contribution in [0.4, 0.5) is 0 Å². The Morgan fingerprint density at radius 2 is 2.12 bits per heavy atom. The molecule has 1 fully saturated rings. The average Bonchev–Trinajstić information content (AvgIpc) is 3.12. The second kappa shape index (κ2) is 6.73. The second-order valence-electron chi connectivity index (χ2n) is 6.37. The first-order chi connectivity index (χ1) is 11.5. The van der Waals surface area contributed by atoms with Gasteiger partial charge >= 0.3 is 5.97 Å². The number of carbonyl (C=O) groups excluding carboxylic acids is 2. The summed E-state index contributed by atoms with van der Waals surface area (Å²) >= 11 is 1.59. The topological polar surface area (TPSA) is 68.3 Å². The van der Waals surface area contributed by atoms with Gasteiger partial charge in [0, 0.05) is 23.9 Å². The van der Waals surface area contributed by atoms with Crippen molar-refractivity contribution in [1.29, 1.82) is 0 Å². The molecule has 0 bridgehead atoms. The van der Waals surface area contributed by atoms with Crippen molar-refractivity contribution < 1.29 is 14.3 Å². The lowest BCUT2D eigenvalue weighted by atomic mass is 9.90. The number of hydrogen-bond acceptors (Lipinski definition) is 5. The quantitative estimate of drug-likeness (QED) is 0.847. The smallest absolute Gasteiger partial charge is 0.307 e. The highest BCUT2D eigenvalue weighted by molar-refractivity contribution is 7.09. The van der Waals surface area contributed by atoms with E-state index in [1.165, 1.54) is 0 Å². The summed E-state index contributed by atoms with van der Waals surface area (Å²) < 4.78 is 5.19. The largest absolute Gasteiger partial charge is 0.459 e. The minimum atomic E-state index is -0.733. The van der Waals surface area contributed by atoms with Crippen LogP contribution in [0.3, 0.4) is 0 Å². The molecule has 1 amide bonds. The predicted octanol–water partition coefficient (Wildman–Crippen LogP) is 2.81. The molecule has 0 aliphatic carbocycles. The highest BCUT2D eigenvalue weighted by atomic mass is 32.1. The molecule has 1 aliphatic rings. The molecule has 126 valence electrons. The maximum Gasteiger partial charge on any atom is 0.307 e. The van der Waals surface area contributed by atoms with E-state index in [1.807, 2.05) is 35.7 Å². The zero-order valence-electron chi connectivity index (χ0n) is 13.7. The van der Waals surface area contributed by atoms with Gasteiger partial charge in [0.05, 0.1) is 23.0 Å². The minimum absolute atomic E-state index is 0.134. The normalized spacial score (nSPS) is 19.1. The van der Waals surface area contributed by atoms with Gasteiger partial charge in [-0.2, -0.15) is 0 Å². The van der Waals surface area contributed by atoms with Gasteiger partial charge in [-0.25, -0.2) is 4.98 Å². The minimum Gasteiger partial charge on any atom is -0.459 e. The lowest BCUT2D eigenvalue weighted by Gasteiger charge is -2.23. The van der Waals surface area contributed by atoms with Crippen molar-refractivity contribution >= 4 is 23.2 Å². The molecule has 2 aromatic rings. The van der Waals surface area contributed by atoms with Crippen LogP contribution in [0.15, 0.2) is 35.7 Å². The lowest BCUT2D eigenvalue weighted by molar-refractivity contribution is -0.147. The van der Waals surface area contributed by atoms with Crippen LogP contribution in [0.5, 0.6) is 0 Å². The highest BCUT2D eigenvalue weighted by Gasteiger charge is 2.45. The fraction of sp³-hybridized carbons (Fsp3) is 0.389. The number of carbonyl (C=O) groups is 2. The second-order valence-corrected chi connectivity index (χ2v) is 7.31. The third kappa shape index (κ3) is 3.64. The summed E-state index contributed by atoms with van der Waals surface area (Å²) in [6, 6.07) is 10.0. The average molecular weight is 344 g/mol. The van der Waals surface area contributed by atoms with Crippen LogP contribution in [0.2, 0.25) is 0 Å². The summed E-state index contributed by atoms with van der Waals surface area (Å²) in [6.45, 7) is 4.05. The van der Waals surface area contributed by atoms with E-state index in [1.54, 1.807) is 25.2 Å². The monoisotopic (exact) mass is 344 g/mol. The molecule has 0 spiro atoms. The summed E-state index contributed by atoms with van der Waals surface area (Å²) in [5, 5.41) is 5.90. The zero-order valence-corrected chi connectivity index (χ0v) is 14.6. The Balaban J connectivity index is 1.53. The third-order valence-corrected chi connectivity index (χ3v) is 5.07. The third-order valence-electron chi connectivity index (χ3n) is 4.16. The Labute approximate surface area is 145 Å². The van der Waals surface area contributed by atoms with Crippen molar-refractivity contribution in [3.8, 4) is 11.3 Å². The fourth-order valence-electron chi connectivity index (χ4n) is 2.81. The Morgan fingerprint density at radius 1 is 1.38 bits per heavy atom. The van der Waals surface area contributed by atoms with Crippen LogP contribution in [-0.2, 0) is 20.7 Å². The summed E-state index contributed by atoms with van der Waals surface area (Å²) in [7, 11) is 0. The molecular formula is C18H20N2O3S. The van der Waals surface area contributed by atoms with Crippen molar-refractivity contribution in [1.82, 2.24) is 10.3 Å². The van der Waals surface area contributed by atoms with Crippen molar-refractivity contribution in [3.63, 3.8) is 0 Å². The van der Waals surface area contributed by atoms with Gasteiger partial charge in [-0.3, -0.25) is 9.59 Å². The van der Waals surface area contributed by atoms with Crippen molar-refractivity contribution in [2.75, 3.05) is 6.54 Å². The first-order valence-corrected chi connectivity index (χ1v) is 8.83. The Kier molecular flexibility index (Phi) is 4.66. The molecule has 5 nitrogen and oxygen atoms in total. The van der Waals surface area contributed by atoms with E-state index < -0.39 is 11.5 Å². The first-order valence-electron chi connectivity index (χ1n) is 7.95. The van der Waals surface area contributed by atoms with Crippen LogP contribution in [-0.4, -0.2) is 29.0 Å². The van der Waals surface area contributed by atoms with Gasteiger partial charge in [-0.1, -0.05) is 30.3 Å². The van der Waals surface area contributed by atoms with Crippen molar-refractivity contribution in [2.24, 2.45) is 5.92 Å². The van der Waals surface area contributed by atoms with E-state index in [0.29, 0.717) is 13.0 Å². The van der Waals surface area contributed by atoms with Gasteiger partial charge in [0.2, 0.25) is 5.91 Å². The van der Waals surface area contributed by atoms with Crippen LogP contribution >= 0.6 is 11.3 Å². The molecule has 1 N–H and O–H groups in total. The molecule has 1 unspecified atom stereocenters. The molecule has 1 aromatic carbocycles. The van der Waals surface area contributed by atoms with Crippen LogP contribution in [0, 0.1) is 5.92 Å². The van der Waals surface area contributed by atoms with E-state index in [9.17, 15) is 9.59 Å². The lowest BCUT2D eigenvalue weighted by Crippen LogP contribution is -2.41. The molecule has 3 rings (SSSR count). The number of nitrogens with zero attached hydrogens (tertiary/aromatic N) is 1. The molecule has 24 heavy (non-hydrogen) atoms. The summed E-state index contributed by atoms with van der Waals surface area (Å²) in [4.78, 5) is 28.3. The molecule has 0 saturated carbocycles. The van der Waals surface area contributed by atoms with Gasteiger partial charge in [0.25, 0.3) is 0 Å². The van der Waals surface area contributed by atoms with Crippen LogP contribution in [0.1, 0.15) is 25.3 Å². The van der Waals surface area contributed by atoms with E-state index in [0.717, 1.165) is 16.3 Å². The number of aromatic nitrogens is 1. The van der Waals surface area contributed by atoms with Gasteiger partial charge in [-0.15, -0.1) is 11.3 Å². The van der Waals surface area contributed by atoms with Gasteiger partial charge in [0.1, 0.15) is 5.60 Å². The number of cyclic esters (lactones) is 1. The van der Waals surface area contributed by atoms with Gasteiger partial charge in [-0.05, 0) is 13.8 Å². The predicted molar refractivity (Wildman–Crippen MR) is 92.5 cm³/mol. The van der Waals surface area contributed by atoms with Crippen LogP contribution in [0.25, 0.3) is 11.3 Å². The molecule has 6 heteroatoms. The van der Waals surface area contributed by atoms with Crippen LogP contribution < -0.4 is 5.32 Å². The summed E-state index contributed by atoms with van der Waals surface area (Å²) in [6.07, 6.45) is 0.819. The van der Waals surface area contributed by atoms with E-state index >= 15 is 0 Å². The molecule has 1 aliphatic heterocycles. The number of amides is 1. The molecule has 2 heterocycles. The SMILES string of the molecule is CC1(C)OC(=O)CC1C(=O)NCCc1nc(-c2ccccc2)cs1. The zero-order chi connectivity index (χ0) is 17.2. The number of esters is 1. The first kappa shape index (κ1) is 16.6. The van der Waals surface area contributed by atoms with E-state index in [4.69, 9.17) is 4.74 Å². The van der Waals surface area contributed by atoms with E-state index in [-0.39, 0.29) is 18.3 Å². The highest BCUT2D eigenvalue weighted by Crippen LogP contribution is 2.32. The Hall–Kier alpha value is -2.21. The van der Waals surface area contributed by atoms with Gasteiger partial charge < -0.3 is 10.1 Å². The number of thiazole rings is 1. The number of rotatable bonds is 5. The van der Waals surface area contributed by atoms with Gasteiger partial charge in [0.15, 0.2) is 0 Å². The molecular weight excluding hydrogens is 324 g/mol. The molecule has 0 radical (unpaired) electrons. The van der Waals surface area contributed by atoms with Crippen molar-refractivity contribution in [2.45, 2.75) is 32.3 Å².